The van der Waals surface area contributed by atoms with Gasteiger partial charge in [-0.1, -0.05) is 0 Å². The summed E-state index contributed by atoms with van der Waals surface area (Å²) in [5.74, 6) is -0.276. The molecule has 0 aliphatic carbocycles. The molecule has 2 amide bonds. The number of hydrogen-bond donors (Lipinski definition) is 1. The van der Waals surface area contributed by atoms with Crippen LogP contribution >= 0.6 is 11.3 Å². The van der Waals surface area contributed by atoms with Crippen molar-refractivity contribution < 1.29 is 28.6 Å². The average molecular weight is 432 g/mol. The summed E-state index contributed by atoms with van der Waals surface area (Å²) in [5, 5.41) is 3.03. The molecule has 1 aromatic carbocycles. The second-order valence-electron chi connectivity index (χ2n) is 6.78. The minimum absolute atomic E-state index is 0.133. The SMILES string of the molecule is COC(=O)c1c(NC(=O)c2ccc(OC)c(OC)c2)sc(C(=O)N2CCCC2)c1C. The first kappa shape index (κ1) is 21.6. The van der Waals surface area contributed by atoms with Crippen LogP contribution in [0.2, 0.25) is 0 Å². The Morgan fingerprint density at radius 2 is 1.70 bits per heavy atom. The highest BCUT2D eigenvalue weighted by Crippen LogP contribution is 2.36. The fourth-order valence-corrected chi connectivity index (χ4v) is 4.53. The van der Waals surface area contributed by atoms with E-state index in [0.29, 0.717) is 40.6 Å². The number of nitrogens with zero attached hydrogens (tertiary/aromatic N) is 1. The van der Waals surface area contributed by atoms with Crippen molar-refractivity contribution in [1.82, 2.24) is 4.90 Å². The van der Waals surface area contributed by atoms with Gasteiger partial charge in [-0.15, -0.1) is 11.3 Å². The minimum atomic E-state index is -0.605. The number of anilines is 1. The van der Waals surface area contributed by atoms with E-state index < -0.39 is 11.9 Å². The maximum atomic E-state index is 12.9. The first-order chi connectivity index (χ1) is 14.4. The molecule has 0 radical (unpaired) electrons. The van der Waals surface area contributed by atoms with Crippen LogP contribution in [0.5, 0.6) is 11.5 Å². The third-order valence-corrected chi connectivity index (χ3v) is 6.19. The summed E-state index contributed by atoms with van der Waals surface area (Å²) in [6.45, 7) is 3.08. The van der Waals surface area contributed by atoms with Crippen molar-refractivity contribution >= 4 is 34.1 Å². The fourth-order valence-electron chi connectivity index (χ4n) is 3.37. The molecule has 1 aliphatic heterocycles. The number of ether oxygens (including phenoxy) is 3. The summed E-state index contributed by atoms with van der Waals surface area (Å²) in [4.78, 5) is 40.3. The molecule has 2 aromatic rings. The molecule has 0 unspecified atom stereocenters. The number of carbonyl (C=O) groups excluding carboxylic acids is 3. The number of hydrogen-bond acceptors (Lipinski definition) is 7. The van der Waals surface area contributed by atoms with Crippen molar-refractivity contribution in [2.24, 2.45) is 0 Å². The van der Waals surface area contributed by atoms with Gasteiger partial charge in [0, 0.05) is 18.7 Å². The number of nitrogens with one attached hydrogen (secondary N) is 1. The monoisotopic (exact) mass is 432 g/mol. The van der Waals surface area contributed by atoms with Crippen LogP contribution in [0, 0.1) is 6.92 Å². The highest BCUT2D eigenvalue weighted by Gasteiger charge is 2.29. The lowest BCUT2D eigenvalue weighted by Gasteiger charge is -2.14. The van der Waals surface area contributed by atoms with Gasteiger partial charge in [-0.3, -0.25) is 9.59 Å². The Morgan fingerprint density at radius 1 is 1.03 bits per heavy atom. The van der Waals surface area contributed by atoms with E-state index in [-0.39, 0.29) is 16.5 Å². The molecule has 160 valence electrons. The molecule has 9 heteroatoms. The number of thiophene rings is 1. The summed E-state index contributed by atoms with van der Waals surface area (Å²) in [6.07, 6.45) is 1.92. The van der Waals surface area contributed by atoms with Crippen LogP contribution in [-0.4, -0.2) is 57.1 Å². The predicted molar refractivity (Wildman–Crippen MR) is 113 cm³/mol. The van der Waals surface area contributed by atoms with Gasteiger partial charge in [0.15, 0.2) is 11.5 Å². The maximum absolute atomic E-state index is 12.9. The lowest BCUT2D eigenvalue weighted by molar-refractivity contribution is 0.0601. The van der Waals surface area contributed by atoms with Crippen LogP contribution in [0.15, 0.2) is 18.2 Å². The van der Waals surface area contributed by atoms with Crippen LogP contribution < -0.4 is 14.8 Å². The van der Waals surface area contributed by atoms with Crippen LogP contribution in [0.1, 0.15) is 48.8 Å². The molecule has 0 atom stereocenters. The van der Waals surface area contributed by atoms with E-state index in [2.05, 4.69) is 5.32 Å². The summed E-state index contributed by atoms with van der Waals surface area (Å²) in [5.41, 5.74) is 1.02. The van der Waals surface area contributed by atoms with Crippen LogP contribution in [0.4, 0.5) is 5.00 Å². The molecule has 2 heterocycles. The third-order valence-electron chi connectivity index (χ3n) is 5.00. The number of likely N-dealkylation sites (tertiary alicyclic amines) is 1. The number of benzene rings is 1. The van der Waals surface area contributed by atoms with Gasteiger partial charge in [0.25, 0.3) is 11.8 Å². The smallest absolute Gasteiger partial charge is 0.341 e. The van der Waals surface area contributed by atoms with Gasteiger partial charge in [0.2, 0.25) is 0 Å². The number of carbonyl (C=O) groups is 3. The van der Waals surface area contributed by atoms with Crippen LogP contribution in [0.25, 0.3) is 0 Å². The molecular weight excluding hydrogens is 408 g/mol. The van der Waals surface area contributed by atoms with E-state index >= 15 is 0 Å². The molecule has 8 nitrogen and oxygen atoms in total. The Morgan fingerprint density at radius 3 is 2.30 bits per heavy atom. The Labute approximate surface area is 178 Å². The Hall–Kier alpha value is -3.07. The maximum Gasteiger partial charge on any atom is 0.341 e. The van der Waals surface area contributed by atoms with E-state index in [0.717, 1.165) is 24.2 Å². The molecule has 1 N–H and O–H groups in total. The molecule has 1 fully saturated rings. The standard InChI is InChI=1S/C21H24N2O6S/c1-12-16(21(26)29-4)19(30-17(12)20(25)23-9-5-6-10-23)22-18(24)13-7-8-14(27-2)15(11-13)28-3/h7-8,11H,5-6,9-10H2,1-4H3,(H,22,24). The van der Waals surface area contributed by atoms with E-state index in [9.17, 15) is 14.4 Å². The van der Waals surface area contributed by atoms with Gasteiger partial charge >= 0.3 is 5.97 Å². The quantitative estimate of drug-likeness (QED) is 0.704. The molecule has 0 bridgehead atoms. The highest BCUT2D eigenvalue weighted by molar-refractivity contribution is 7.18. The molecule has 3 rings (SSSR count). The van der Waals surface area contributed by atoms with Crippen molar-refractivity contribution in [1.29, 1.82) is 0 Å². The van der Waals surface area contributed by atoms with Gasteiger partial charge in [0.05, 0.1) is 31.8 Å². The lowest BCUT2D eigenvalue weighted by atomic mass is 10.1. The normalized spacial score (nSPS) is 13.1. The third kappa shape index (κ3) is 4.11. The fraction of sp³-hybridized carbons (Fsp3) is 0.381. The minimum Gasteiger partial charge on any atom is -0.493 e. The highest BCUT2D eigenvalue weighted by atomic mass is 32.1. The van der Waals surface area contributed by atoms with Crippen molar-refractivity contribution in [2.75, 3.05) is 39.7 Å². The summed E-state index contributed by atoms with van der Waals surface area (Å²) >= 11 is 1.09. The second kappa shape index (κ2) is 9.17. The van der Waals surface area contributed by atoms with Gasteiger partial charge < -0.3 is 24.4 Å². The van der Waals surface area contributed by atoms with Gasteiger partial charge in [0.1, 0.15) is 5.00 Å². The van der Waals surface area contributed by atoms with E-state index in [1.807, 2.05) is 0 Å². The van der Waals surface area contributed by atoms with Crippen LogP contribution in [0.3, 0.4) is 0 Å². The molecule has 0 spiro atoms. The first-order valence-corrected chi connectivity index (χ1v) is 10.3. The van der Waals surface area contributed by atoms with E-state index in [4.69, 9.17) is 14.2 Å². The zero-order valence-electron chi connectivity index (χ0n) is 17.4. The molecular formula is C21H24N2O6S. The van der Waals surface area contributed by atoms with E-state index in [1.165, 1.54) is 21.3 Å². The lowest BCUT2D eigenvalue weighted by Crippen LogP contribution is -2.27. The average Bonchev–Trinajstić information content (AvgIpc) is 3.40. The predicted octanol–water partition coefficient (Wildman–Crippen LogP) is 3.35. The van der Waals surface area contributed by atoms with Gasteiger partial charge in [-0.25, -0.2) is 4.79 Å². The number of esters is 1. The first-order valence-electron chi connectivity index (χ1n) is 9.45. The summed E-state index contributed by atoms with van der Waals surface area (Å²) in [7, 11) is 4.25. The van der Waals surface area contributed by atoms with Crippen molar-refractivity contribution in [3.63, 3.8) is 0 Å². The van der Waals surface area contributed by atoms with Crippen LogP contribution in [-0.2, 0) is 4.74 Å². The van der Waals surface area contributed by atoms with Crippen molar-refractivity contribution in [3.05, 3.63) is 39.8 Å². The molecule has 30 heavy (non-hydrogen) atoms. The summed E-state index contributed by atoms with van der Waals surface area (Å²) < 4.78 is 15.3. The Kier molecular flexibility index (Phi) is 6.61. The number of methoxy groups -OCH3 is 3. The summed E-state index contributed by atoms with van der Waals surface area (Å²) in [6, 6.07) is 4.75. The largest absolute Gasteiger partial charge is 0.493 e. The number of rotatable bonds is 6. The van der Waals surface area contributed by atoms with Crippen molar-refractivity contribution in [2.45, 2.75) is 19.8 Å². The molecule has 0 saturated carbocycles. The topological polar surface area (TPSA) is 94.2 Å². The number of amides is 2. The van der Waals surface area contributed by atoms with Gasteiger partial charge in [-0.05, 0) is 43.5 Å². The van der Waals surface area contributed by atoms with E-state index in [1.54, 1.807) is 30.0 Å². The molecule has 1 aliphatic rings. The molecule has 1 saturated heterocycles. The Bertz CT molecular complexity index is 978. The molecule has 1 aromatic heterocycles. The van der Waals surface area contributed by atoms with Gasteiger partial charge in [-0.2, -0.15) is 0 Å². The Balaban J connectivity index is 1.94. The second-order valence-corrected chi connectivity index (χ2v) is 7.80. The van der Waals surface area contributed by atoms with Crippen molar-refractivity contribution in [3.8, 4) is 11.5 Å². The zero-order chi connectivity index (χ0) is 21.8. The zero-order valence-corrected chi connectivity index (χ0v) is 18.2.